The number of benzene rings is 1. The molecule has 0 spiro atoms. The van der Waals surface area contributed by atoms with Crippen LogP contribution >= 0.6 is 24.0 Å². The predicted octanol–water partition coefficient (Wildman–Crippen LogP) is 2.17. The quantitative estimate of drug-likeness (QED) is 0.380. The first kappa shape index (κ1) is 19.2. The van der Waals surface area contributed by atoms with E-state index in [1.165, 1.54) is 0 Å². The van der Waals surface area contributed by atoms with Crippen LogP contribution in [0.5, 0.6) is 0 Å². The monoisotopic (exact) mass is 391 g/mol. The molecule has 0 amide bonds. The minimum absolute atomic E-state index is 0. The van der Waals surface area contributed by atoms with Crippen LogP contribution in [-0.4, -0.2) is 36.8 Å². The minimum atomic E-state index is -0.445. The summed E-state index contributed by atoms with van der Waals surface area (Å²) in [6, 6.07) is 9.99. The molecule has 0 aliphatic heterocycles. The Kier molecular flexibility index (Phi) is 11.5. The molecule has 0 aromatic heterocycles. The molecular weight excluding hydrogens is 365 g/mol. The van der Waals surface area contributed by atoms with Crippen molar-refractivity contribution in [1.29, 1.82) is 0 Å². The van der Waals surface area contributed by atoms with Gasteiger partial charge in [-0.15, -0.1) is 24.0 Å². The summed E-state index contributed by atoms with van der Waals surface area (Å²) >= 11 is 0. The molecule has 1 unspecified atom stereocenters. The van der Waals surface area contributed by atoms with Crippen LogP contribution in [0.3, 0.4) is 0 Å². The maximum absolute atomic E-state index is 9.98. The Bertz CT molecular complexity index is 371. The van der Waals surface area contributed by atoms with Gasteiger partial charge in [0.1, 0.15) is 0 Å². The molecule has 0 aliphatic carbocycles. The first-order valence-electron chi connectivity index (χ1n) is 7.00. The molecule has 20 heavy (non-hydrogen) atoms. The third kappa shape index (κ3) is 8.37. The Morgan fingerprint density at radius 2 is 1.90 bits per heavy atom. The molecule has 0 bridgehead atoms. The van der Waals surface area contributed by atoms with Crippen molar-refractivity contribution in [3.8, 4) is 0 Å². The maximum atomic E-state index is 9.98. The van der Waals surface area contributed by atoms with E-state index in [-0.39, 0.29) is 24.0 Å². The number of aliphatic hydroxyl groups excluding tert-OH is 1. The van der Waals surface area contributed by atoms with Gasteiger partial charge in [0.2, 0.25) is 0 Å². The third-order valence-corrected chi connectivity index (χ3v) is 2.66. The summed E-state index contributed by atoms with van der Waals surface area (Å²) in [6.45, 7) is 6.27. The lowest BCUT2D eigenvalue weighted by Crippen LogP contribution is -2.38. The highest BCUT2D eigenvalue weighted by molar-refractivity contribution is 14.0. The standard InChI is InChI=1S/C15H25N3O.HI/c1-3-10-17-15(16-4-2)18-12-14(19)11-13-8-6-5-7-9-13;/h5-9,14,19H,3-4,10-12H2,1-2H3,(H2,16,17,18);1H. The molecule has 0 aliphatic rings. The van der Waals surface area contributed by atoms with Crippen LogP contribution in [0.25, 0.3) is 0 Å². The highest BCUT2D eigenvalue weighted by Gasteiger charge is 2.05. The van der Waals surface area contributed by atoms with Crippen molar-refractivity contribution in [2.45, 2.75) is 32.8 Å². The fourth-order valence-electron chi connectivity index (χ4n) is 1.73. The number of hydrogen-bond acceptors (Lipinski definition) is 2. The van der Waals surface area contributed by atoms with Gasteiger partial charge in [-0.3, -0.25) is 4.99 Å². The molecule has 0 fully saturated rings. The van der Waals surface area contributed by atoms with E-state index in [2.05, 4.69) is 22.5 Å². The van der Waals surface area contributed by atoms with Crippen LogP contribution in [0.15, 0.2) is 35.3 Å². The summed E-state index contributed by atoms with van der Waals surface area (Å²) in [7, 11) is 0. The van der Waals surface area contributed by atoms with Gasteiger partial charge < -0.3 is 15.7 Å². The van der Waals surface area contributed by atoms with Crippen molar-refractivity contribution >= 4 is 29.9 Å². The molecule has 1 aromatic rings. The van der Waals surface area contributed by atoms with Crippen molar-refractivity contribution in [3.05, 3.63) is 35.9 Å². The van der Waals surface area contributed by atoms with Gasteiger partial charge in [0.05, 0.1) is 12.6 Å². The van der Waals surface area contributed by atoms with Crippen LogP contribution in [-0.2, 0) is 6.42 Å². The van der Waals surface area contributed by atoms with Gasteiger partial charge in [-0.2, -0.15) is 0 Å². The fraction of sp³-hybridized carbons (Fsp3) is 0.533. The number of aliphatic imine (C=N–C) groups is 1. The smallest absolute Gasteiger partial charge is 0.191 e. The van der Waals surface area contributed by atoms with Crippen LogP contribution < -0.4 is 10.6 Å². The van der Waals surface area contributed by atoms with Gasteiger partial charge in [0.15, 0.2) is 5.96 Å². The second-order valence-corrected chi connectivity index (χ2v) is 4.49. The van der Waals surface area contributed by atoms with Crippen LogP contribution in [0.1, 0.15) is 25.8 Å². The Balaban J connectivity index is 0.00000361. The average Bonchev–Trinajstić information content (AvgIpc) is 2.43. The van der Waals surface area contributed by atoms with E-state index in [0.717, 1.165) is 31.0 Å². The zero-order valence-electron chi connectivity index (χ0n) is 12.3. The second-order valence-electron chi connectivity index (χ2n) is 4.49. The first-order valence-corrected chi connectivity index (χ1v) is 7.00. The van der Waals surface area contributed by atoms with Gasteiger partial charge >= 0.3 is 0 Å². The van der Waals surface area contributed by atoms with Crippen molar-refractivity contribution < 1.29 is 5.11 Å². The number of aliphatic hydroxyl groups is 1. The molecule has 1 atom stereocenters. The number of rotatable bonds is 7. The van der Waals surface area contributed by atoms with Gasteiger partial charge in [-0.25, -0.2) is 0 Å². The predicted molar refractivity (Wildman–Crippen MR) is 95.8 cm³/mol. The van der Waals surface area contributed by atoms with Crippen LogP contribution in [0.2, 0.25) is 0 Å². The molecule has 0 saturated heterocycles. The van der Waals surface area contributed by atoms with E-state index in [1.807, 2.05) is 37.3 Å². The van der Waals surface area contributed by atoms with Gasteiger partial charge in [0.25, 0.3) is 0 Å². The minimum Gasteiger partial charge on any atom is -0.391 e. The number of halogens is 1. The summed E-state index contributed by atoms with van der Waals surface area (Å²) in [6.07, 6.45) is 1.24. The van der Waals surface area contributed by atoms with Crippen molar-refractivity contribution in [2.75, 3.05) is 19.6 Å². The molecule has 0 saturated carbocycles. The Hall–Kier alpha value is -0.820. The molecule has 114 valence electrons. The van der Waals surface area contributed by atoms with Crippen molar-refractivity contribution in [1.82, 2.24) is 10.6 Å². The first-order chi connectivity index (χ1) is 9.26. The summed E-state index contributed by atoms with van der Waals surface area (Å²) in [4.78, 5) is 4.39. The topological polar surface area (TPSA) is 56.7 Å². The normalized spacial score (nSPS) is 12.4. The summed E-state index contributed by atoms with van der Waals surface area (Å²) in [5.74, 6) is 0.775. The zero-order valence-corrected chi connectivity index (χ0v) is 14.6. The lowest BCUT2D eigenvalue weighted by atomic mass is 10.1. The highest BCUT2D eigenvalue weighted by Crippen LogP contribution is 2.03. The number of guanidine groups is 1. The Labute approximate surface area is 139 Å². The van der Waals surface area contributed by atoms with E-state index < -0.39 is 6.10 Å². The van der Waals surface area contributed by atoms with Crippen molar-refractivity contribution in [3.63, 3.8) is 0 Å². The Morgan fingerprint density at radius 1 is 1.20 bits per heavy atom. The third-order valence-electron chi connectivity index (χ3n) is 2.66. The van der Waals surface area contributed by atoms with Gasteiger partial charge in [-0.05, 0) is 18.9 Å². The number of hydrogen-bond donors (Lipinski definition) is 3. The Morgan fingerprint density at radius 3 is 2.50 bits per heavy atom. The SMILES string of the molecule is CCCNC(=NCC(O)Cc1ccccc1)NCC.I. The summed E-state index contributed by atoms with van der Waals surface area (Å²) in [5.41, 5.74) is 1.14. The number of nitrogens with one attached hydrogen (secondary N) is 2. The number of nitrogens with zero attached hydrogens (tertiary/aromatic N) is 1. The van der Waals surface area contributed by atoms with E-state index >= 15 is 0 Å². The molecule has 4 nitrogen and oxygen atoms in total. The van der Waals surface area contributed by atoms with E-state index in [4.69, 9.17) is 0 Å². The molecule has 5 heteroatoms. The summed E-state index contributed by atoms with van der Waals surface area (Å²) in [5, 5.41) is 16.4. The zero-order chi connectivity index (χ0) is 13.9. The molecule has 1 aromatic carbocycles. The highest BCUT2D eigenvalue weighted by atomic mass is 127. The fourth-order valence-corrected chi connectivity index (χ4v) is 1.73. The molecule has 1 rings (SSSR count). The molecule has 0 heterocycles. The maximum Gasteiger partial charge on any atom is 0.191 e. The summed E-state index contributed by atoms with van der Waals surface area (Å²) < 4.78 is 0. The molecule has 0 radical (unpaired) electrons. The molecule has 3 N–H and O–H groups in total. The van der Waals surface area contributed by atoms with Gasteiger partial charge in [0, 0.05) is 19.5 Å². The van der Waals surface area contributed by atoms with Gasteiger partial charge in [-0.1, -0.05) is 37.3 Å². The average molecular weight is 391 g/mol. The lowest BCUT2D eigenvalue weighted by Gasteiger charge is -2.12. The second kappa shape index (κ2) is 12.0. The largest absolute Gasteiger partial charge is 0.391 e. The van der Waals surface area contributed by atoms with Crippen LogP contribution in [0, 0.1) is 0 Å². The van der Waals surface area contributed by atoms with Crippen LogP contribution in [0.4, 0.5) is 0 Å². The van der Waals surface area contributed by atoms with Crippen molar-refractivity contribution in [2.24, 2.45) is 4.99 Å². The van der Waals surface area contributed by atoms with E-state index in [9.17, 15) is 5.11 Å². The van der Waals surface area contributed by atoms with E-state index in [0.29, 0.717) is 13.0 Å². The lowest BCUT2D eigenvalue weighted by molar-refractivity contribution is 0.183. The van der Waals surface area contributed by atoms with E-state index in [1.54, 1.807) is 0 Å². The molecular formula is C15H26IN3O.